The van der Waals surface area contributed by atoms with Gasteiger partial charge in [-0.2, -0.15) is 0 Å². The maximum absolute atomic E-state index is 13.2. The largest absolute Gasteiger partial charge is 0.467 e. The minimum Gasteiger partial charge on any atom is -0.467 e. The molecule has 2 unspecified atom stereocenters. The van der Waals surface area contributed by atoms with Crippen LogP contribution in [0.15, 0.2) is 65.3 Å². The molecule has 6 heteroatoms. The Balaban J connectivity index is 1.48. The van der Waals surface area contributed by atoms with Crippen molar-refractivity contribution in [3.63, 3.8) is 0 Å². The maximum Gasteiger partial charge on any atom is 0.241 e. The van der Waals surface area contributed by atoms with E-state index >= 15 is 0 Å². The third kappa shape index (κ3) is 4.30. The number of carbonyl (C=O) groups is 1. The highest BCUT2D eigenvalue weighted by Crippen LogP contribution is 2.25. The van der Waals surface area contributed by atoms with Gasteiger partial charge in [-0.05, 0) is 43.2 Å². The number of hydrogen-bond donors (Lipinski definition) is 2. The Kier molecular flexibility index (Phi) is 5.38. The standard InChI is InChI=1S/C21H23N3O2S/c1-15-9-10-18(27-15)14-24(13-17-8-5-11-26-17)21(25)20-12-19(22-23-20)16-6-3-2-4-7-16/h2-11,19-20,22-23H,12-14H2,1H3. The lowest BCUT2D eigenvalue weighted by Crippen LogP contribution is -2.44. The van der Waals surface area contributed by atoms with E-state index in [0.29, 0.717) is 13.1 Å². The summed E-state index contributed by atoms with van der Waals surface area (Å²) in [5, 5.41) is 0. The van der Waals surface area contributed by atoms with Gasteiger partial charge in [-0.25, -0.2) is 10.9 Å². The fourth-order valence-corrected chi connectivity index (χ4v) is 4.31. The van der Waals surface area contributed by atoms with Crippen molar-refractivity contribution in [1.82, 2.24) is 15.8 Å². The molecule has 2 atom stereocenters. The molecule has 1 aliphatic rings. The average Bonchev–Trinajstić information content (AvgIpc) is 3.44. The summed E-state index contributed by atoms with van der Waals surface area (Å²) in [5.41, 5.74) is 7.64. The summed E-state index contributed by atoms with van der Waals surface area (Å²) in [6.45, 7) is 3.14. The van der Waals surface area contributed by atoms with Crippen molar-refractivity contribution in [2.75, 3.05) is 0 Å². The van der Waals surface area contributed by atoms with Crippen LogP contribution in [-0.4, -0.2) is 16.8 Å². The van der Waals surface area contributed by atoms with Gasteiger partial charge in [-0.15, -0.1) is 11.3 Å². The fraction of sp³-hybridized carbons (Fsp3) is 0.286. The molecule has 2 aromatic heterocycles. The van der Waals surface area contributed by atoms with E-state index < -0.39 is 0 Å². The van der Waals surface area contributed by atoms with E-state index in [1.165, 1.54) is 15.3 Å². The average molecular weight is 382 g/mol. The van der Waals surface area contributed by atoms with Gasteiger partial charge in [0.25, 0.3) is 0 Å². The molecule has 1 amide bonds. The number of nitrogens with one attached hydrogen (secondary N) is 2. The van der Waals surface area contributed by atoms with Crippen LogP contribution in [0.1, 0.15) is 33.5 Å². The zero-order valence-electron chi connectivity index (χ0n) is 15.2. The van der Waals surface area contributed by atoms with Crippen LogP contribution in [0.3, 0.4) is 0 Å². The van der Waals surface area contributed by atoms with Crippen LogP contribution in [0, 0.1) is 6.92 Å². The van der Waals surface area contributed by atoms with Crippen molar-refractivity contribution in [3.8, 4) is 0 Å². The number of hydrazine groups is 1. The molecule has 0 bridgehead atoms. The first-order valence-electron chi connectivity index (χ1n) is 9.11. The predicted molar refractivity (Wildman–Crippen MR) is 106 cm³/mol. The Morgan fingerprint density at radius 3 is 2.67 bits per heavy atom. The van der Waals surface area contributed by atoms with Crippen LogP contribution in [0.4, 0.5) is 0 Å². The number of hydrogen-bond acceptors (Lipinski definition) is 5. The molecule has 3 heterocycles. The van der Waals surface area contributed by atoms with Gasteiger partial charge in [0.1, 0.15) is 11.8 Å². The Bertz CT molecular complexity index is 876. The predicted octanol–water partition coefficient (Wildman–Crippen LogP) is 3.79. The van der Waals surface area contributed by atoms with E-state index in [4.69, 9.17) is 4.42 Å². The van der Waals surface area contributed by atoms with E-state index in [1.54, 1.807) is 17.6 Å². The van der Waals surface area contributed by atoms with Crippen molar-refractivity contribution in [2.24, 2.45) is 0 Å². The van der Waals surface area contributed by atoms with Crippen molar-refractivity contribution in [2.45, 2.75) is 38.5 Å². The third-order valence-electron chi connectivity index (χ3n) is 4.78. The van der Waals surface area contributed by atoms with Gasteiger partial charge in [0.2, 0.25) is 5.91 Å². The van der Waals surface area contributed by atoms with E-state index in [0.717, 1.165) is 12.2 Å². The van der Waals surface area contributed by atoms with Crippen molar-refractivity contribution < 1.29 is 9.21 Å². The SMILES string of the molecule is Cc1ccc(CN(Cc2ccco2)C(=O)C2CC(c3ccccc3)NN2)s1. The maximum atomic E-state index is 13.2. The number of amides is 1. The lowest BCUT2D eigenvalue weighted by Gasteiger charge is -2.24. The summed E-state index contributed by atoms with van der Waals surface area (Å²) in [6, 6.07) is 18.0. The molecular weight excluding hydrogens is 358 g/mol. The molecular formula is C21H23N3O2S. The second kappa shape index (κ2) is 8.08. The van der Waals surface area contributed by atoms with Crippen molar-refractivity contribution in [3.05, 3.63) is 81.9 Å². The summed E-state index contributed by atoms with van der Waals surface area (Å²) >= 11 is 1.73. The number of carbonyl (C=O) groups excluding carboxylic acids is 1. The van der Waals surface area contributed by atoms with Crippen LogP contribution in [0.5, 0.6) is 0 Å². The zero-order chi connectivity index (χ0) is 18.6. The Morgan fingerprint density at radius 1 is 1.11 bits per heavy atom. The van der Waals surface area contributed by atoms with E-state index in [9.17, 15) is 4.79 Å². The first kappa shape index (κ1) is 18.0. The molecule has 27 heavy (non-hydrogen) atoms. The lowest BCUT2D eigenvalue weighted by molar-refractivity contribution is -0.134. The van der Waals surface area contributed by atoms with E-state index in [-0.39, 0.29) is 18.0 Å². The molecule has 4 rings (SSSR count). The van der Waals surface area contributed by atoms with Gasteiger partial charge in [-0.3, -0.25) is 4.79 Å². The molecule has 5 nitrogen and oxygen atoms in total. The summed E-state index contributed by atoms with van der Waals surface area (Å²) in [7, 11) is 0. The highest BCUT2D eigenvalue weighted by Gasteiger charge is 2.33. The molecule has 1 saturated heterocycles. The molecule has 3 aromatic rings. The second-order valence-corrected chi connectivity index (χ2v) is 8.20. The van der Waals surface area contributed by atoms with Crippen molar-refractivity contribution >= 4 is 17.2 Å². The Hall–Kier alpha value is -2.41. The molecule has 0 radical (unpaired) electrons. The van der Waals surface area contributed by atoms with Crippen LogP contribution in [0.25, 0.3) is 0 Å². The van der Waals surface area contributed by atoms with Gasteiger partial charge in [0.15, 0.2) is 0 Å². The molecule has 1 aromatic carbocycles. The molecule has 1 fully saturated rings. The molecule has 0 spiro atoms. The van der Waals surface area contributed by atoms with Gasteiger partial charge < -0.3 is 9.32 Å². The summed E-state index contributed by atoms with van der Waals surface area (Å²) < 4.78 is 5.48. The van der Waals surface area contributed by atoms with Crippen LogP contribution < -0.4 is 10.9 Å². The zero-order valence-corrected chi connectivity index (χ0v) is 16.0. The first-order valence-corrected chi connectivity index (χ1v) is 9.93. The summed E-state index contributed by atoms with van der Waals surface area (Å²) in [6.07, 6.45) is 2.37. The van der Waals surface area contributed by atoms with E-state index in [2.05, 4.69) is 42.0 Å². The number of furan rings is 1. The number of nitrogens with zero attached hydrogens (tertiary/aromatic N) is 1. The van der Waals surface area contributed by atoms with Crippen molar-refractivity contribution in [1.29, 1.82) is 0 Å². The highest BCUT2D eigenvalue weighted by molar-refractivity contribution is 7.11. The number of benzene rings is 1. The smallest absolute Gasteiger partial charge is 0.241 e. The molecule has 0 aliphatic carbocycles. The summed E-state index contributed by atoms with van der Waals surface area (Å²) in [4.78, 5) is 17.5. The van der Waals surface area contributed by atoms with E-state index in [1.807, 2.05) is 35.2 Å². The molecule has 2 N–H and O–H groups in total. The minimum absolute atomic E-state index is 0.0865. The number of thiophene rings is 1. The van der Waals surface area contributed by atoms with Crippen LogP contribution in [-0.2, 0) is 17.9 Å². The normalized spacial score (nSPS) is 19.3. The van der Waals surface area contributed by atoms with Crippen LogP contribution >= 0.6 is 11.3 Å². The molecule has 1 aliphatic heterocycles. The molecule has 140 valence electrons. The number of aryl methyl sites for hydroxylation is 1. The number of rotatable bonds is 6. The van der Waals surface area contributed by atoms with Gasteiger partial charge >= 0.3 is 0 Å². The van der Waals surface area contributed by atoms with Gasteiger partial charge in [0, 0.05) is 15.8 Å². The monoisotopic (exact) mass is 381 g/mol. The quantitative estimate of drug-likeness (QED) is 0.682. The Morgan fingerprint density at radius 2 is 1.96 bits per heavy atom. The third-order valence-corrected chi connectivity index (χ3v) is 5.77. The summed E-state index contributed by atoms with van der Waals surface area (Å²) in [5.74, 6) is 0.880. The highest BCUT2D eigenvalue weighted by atomic mass is 32.1. The van der Waals surface area contributed by atoms with Gasteiger partial charge in [0.05, 0.1) is 19.4 Å². The fourth-order valence-electron chi connectivity index (χ4n) is 3.40. The van der Waals surface area contributed by atoms with Gasteiger partial charge in [-0.1, -0.05) is 30.3 Å². The lowest BCUT2D eigenvalue weighted by atomic mass is 10.0. The minimum atomic E-state index is -0.258. The topological polar surface area (TPSA) is 57.5 Å². The molecule has 0 saturated carbocycles. The first-order chi connectivity index (χ1) is 13.2. The second-order valence-electron chi connectivity index (χ2n) is 6.83. The van der Waals surface area contributed by atoms with Crippen LogP contribution in [0.2, 0.25) is 0 Å². The Labute approximate surface area is 163 Å².